The van der Waals surface area contributed by atoms with Gasteiger partial charge in [-0.1, -0.05) is 35.9 Å². The number of hydrogen-bond donors (Lipinski definition) is 2. The van der Waals surface area contributed by atoms with Crippen molar-refractivity contribution in [1.29, 1.82) is 5.26 Å². The van der Waals surface area contributed by atoms with Crippen LogP contribution in [-0.2, 0) is 9.59 Å². The number of rotatable bonds is 6. The highest BCUT2D eigenvalue weighted by Crippen LogP contribution is 2.24. The second-order valence-corrected chi connectivity index (χ2v) is 5.66. The number of ether oxygens (including phenoxy) is 1. The summed E-state index contributed by atoms with van der Waals surface area (Å²) in [5, 5.41) is 21.2. The van der Waals surface area contributed by atoms with Gasteiger partial charge in [-0.3, -0.25) is 4.79 Å². The predicted octanol–water partition coefficient (Wildman–Crippen LogP) is 3.66. The highest BCUT2D eigenvalue weighted by Gasteiger charge is 2.13. The van der Waals surface area contributed by atoms with Crippen molar-refractivity contribution in [3.05, 3.63) is 64.2 Å². The van der Waals surface area contributed by atoms with Gasteiger partial charge >= 0.3 is 5.97 Å². The number of nitriles is 1. The normalized spacial score (nSPS) is 10.7. The van der Waals surface area contributed by atoms with E-state index in [9.17, 15) is 14.9 Å². The summed E-state index contributed by atoms with van der Waals surface area (Å²) in [5.74, 6) is -1.47. The van der Waals surface area contributed by atoms with Gasteiger partial charge in [-0.2, -0.15) is 5.26 Å². The van der Waals surface area contributed by atoms with Crippen LogP contribution in [0.15, 0.2) is 48.0 Å². The minimum Gasteiger partial charge on any atom is -0.481 e. The minimum atomic E-state index is -1.13. The maximum atomic E-state index is 12.4. The number of carboxylic acid groups (broad SMARTS) is 1. The molecule has 0 radical (unpaired) electrons. The summed E-state index contributed by atoms with van der Waals surface area (Å²) in [4.78, 5) is 23.1. The maximum absolute atomic E-state index is 12.4. The maximum Gasteiger partial charge on any atom is 0.341 e. The van der Waals surface area contributed by atoms with Gasteiger partial charge < -0.3 is 15.2 Å². The lowest BCUT2D eigenvalue weighted by Crippen LogP contribution is -2.14. The zero-order chi connectivity index (χ0) is 19.1. The van der Waals surface area contributed by atoms with Crippen molar-refractivity contribution in [3.8, 4) is 11.8 Å². The van der Waals surface area contributed by atoms with Crippen molar-refractivity contribution in [2.75, 3.05) is 11.9 Å². The molecular formula is C19H15ClN2O4. The van der Waals surface area contributed by atoms with Gasteiger partial charge in [-0.25, -0.2) is 4.79 Å². The number of carboxylic acids is 1. The van der Waals surface area contributed by atoms with E-state index in [0.29, 0.717) is 21.8 Å². The van der Waals surface area contributed by atoms with Crippen LogP contribution in [0.3, 0.4) is 0 Å². The molecule has 7 heteroatoms. The van der Waals surface area contributed by atoms with Gasteiger partial charge in [-0.05, 0) is 36.8 Å². The first-order chi connectivity index (χ1) is 12.4. The number of benzene rings is 2. The second-order valence-electron chi connectivity index (χ2n) is 5.26. The summed E-state index contributed by atoms with van der Waals surface area (Å²) in [6.45, 7) is 1.23. The van der Waals surface area contributed by atoms with Crippen molar-refractivity contribution in [2.24, 2.45) is 0 Å². The SMILES string of the molecule is Cc1c(Cl)cccc1NC(=O)/C(C#N)=C/c1ccccc1OCC(=O)O. The predicted molar refractivity (Wildman–Crippen MR) is 98.0 cm³/mol. The third-order valence-corrected chi connectivity index (χ3v) is 3.86. The Balaban J connectivity index is 2.28. The first kappa shape index (κ1) is 19.0. The quantitative estimate of drug-likeness (QED) is 0.597. The Morgan fingerprint density at radius 3 is 2.69 bits per heavy atom. The van der Waals surface area contributed by atoms with Gasteiger partial charge in [-0.15, -0.1) is 0 Å². The fourth-order valence-electron chi connectivity index (χ4n) is 2.11. The number of para-hydroxylation sites is 1. The van der Waals surface area contributed by atoms with Gasteiger partial charge in [0, 0.05) is 16.3 Å². The summed E-state index contributed by atoms with van der Waals surface area (Å²) in [5.41, 5.74) is 1.45. The van der Waals surface area contributed by atoms with E-state index in [1.165, 1.54) is 6.08 Å². The highest BCUT2D eigenvalue weighted by molar-refractivity contribution is 6.31. The number of nitrogens with one attached hydrogen (secondary N) is 1. The summed E-state index contributed by atoms with van der Waals surface area (Å²) in [6.07, 6.45) is 1.34. The lowest BCUT2D eigenvalue weighted by atomic mass is 10.1. The van der Waals surface area contributed by atoms with Gasteiger partial charge in [0.05, 0.1) is 0 Å². The molecule has 0 heterocycles. The Morgan fingerprint density at radius 2 is 2.00 bits per heavy atom. The first-order valence-electron chi connectivity index (χ1n) is 7.54. The van der Waals surface area contributed by atoms with Crippen molar-refractivity contribution >= 4 is 35.2 Å². The molecule has 0 atom stereocenters. The molecule has 2 aromatic rings. The highest BCUT2D eigenvalue weighted by atomic mass is 35.5. The fourth-order valence-corrected chi connectivity index (χ4v) is 2.28. The summed E-state index contributed by atoms with van der Waals surface area (Å²) in [6, 6.07) is 13.4. The Labute approximate surface area is 155 Å². The van der Waals surface area contributed by atoms with E-state index in [1.807, 2.05) is 6.07 Å². The largest absolute Gasteiger partial charge is 0.481 e. The Kier molecular flexibility index (Phi) is 6.36. The molecule has 26 heavy (non-hydrogen) atoms. The number of amides is 1. The van der Waals surface area contributed by atoms with Crippen LogP contribution in [-0.4, -0.2) is 23.6 Å². The van der Waals surface area contributed by atoms with Crippen molar-refractivity contribution in [3.63, 3.8) is 0 Å². The summed E-state index contributed by atoms with van der Waals surface area (Å²) >= 11 is 6.03. The molecule has 6 nitrogen and oxygen atoms in total. The number of carbonyl (C=O) groups is 2. The van der Waals surface area contributed by atoms with Gasteiger partial charge in [0.25, 0.3) is 5.91 Å². The third kappa shape index (κ3) is 4.85. The van der Waals surface area contributed by atoms with E-state index in [0.717, 1.165) is 0 Å². The number of aliphatic carboxylic acids is 1. The van der Waals surface area contributed by atoms with E-state index < -0.39 is 18.5 Å². The Hall–Kier alpha value is -3.30. The molecule has 2 N–H and O–H groups in total. The van der Waals surface area contributed by atoms with Crippen LogP contribution in [0.1, 0.15) is 11.1 Å². The minimum absolute atomic E-state index is 0.157. The zero-order valence-electron chi connectivity index (χ0n) is 13.8. The summed E-state index contributed by atoms with van der Waals surface area (Å²) in [7, 11) is 0. The van der Waals surface area contributed by atoms with E-state index in [-0.39, 0.29) is 11.3 Å². The molecule has 0 aliphatic heterocycles. The van der Waals surface area contributed by atoms with Crippen LogP contribution in [0.4, 0.5) is 5.69 Å². The molecule has 0 spiro atoms. The molecule has 0 saturated heterocycles. The number of anilines is 1. The number of nitrogens with zero attached hydrogens (tertiary/aromatic N) is 1. The van der Waals surface area contributed by atoms with Crippen molar-refractivity contribution < 1.29 is 19.4 Å². The number of hydrogen-bond acceptors (Lipinski definition) is 4. The average Bonchev–Trinajstić information content (AvgIpc) is 2.62. The molecule has 0 bridgehead atoms. The molecule has 0 aliphatic rings. The Bertz CT molecular complexity index is 916. The van der Waals surface area contributed by atoms with Crippen LogP contribution in [0.25, 0.3) is 6.08 Å². The molecule has 0 aromatic heterocycles. The lowest BCUT2D eigenvalue weighted by Gasteiger charge is -2.10. The fraction of sp³-hybridized carbons (Fsp3) is 0.105. The molecule has 132 valence electrons. The topological polar surface area (TPSA) is 99.4 Å². The summed E-state index contributed by atoms with van der Waals surface area (Å²) < 4.78 is 5.17. The second kappa shape index (κ2) is 8.70. The van der Waals surface area contributed by atoms with Crippen LogP contribution in [0.2, 0.25) is 5.02 Å². The van der Waals surface area contributed by atoms with Crippen molar-refractivity contribution in [2.45, 2.75) is 6.92 Å². The van der Waals surface area contributed by atoms with Crippen LogP contribution in [0.5, 0.6) is 5.75 Å². The molecule has 0 aliphatic carbocycles. The third-order valence-electron chi connectivity index (χ3n) is 3.45. The number of halogens is 1. The van der Waals surface area contributed by atoms with Crippen LogP contribution < -0.4 is 10.1 Å². The van der Waals surface area contributed by atoms with E-state index in [1.54, 1.807) is 49.4 Å². The Morgan fingerprint density at radius 1 is 1.27 bits per heavy atom. The lowest BCUT2D eigenvalue weighted by molar-refractivity contribution is -0.139. The monoisotopic (exact) mass is 370 g/mol. The van der Waals surface area contributed by atoms with Gasteiger partial charge in [0.2, 0.25) is 0 Å². The smallest absolute Gasteiger partial charge is 0.341 e. The van der Waals surface area contributed by atoms with E-state index in [2.05, 4.69) is 5.32 Å². The molecule has 0 fully saturated rings. The van der Waals surface area contributed by atoms with E-state index in [4.69, 9.17) is 21.4 Å². The molecule has 2 aromatic carbocycles. The van der Waals surface area contributed by atoms with Crippen LogP contribution >= 0.6 is 11.6 Å². The molecule has 1 amide bonds. The number of carbonyl (C=O) groups excluding carboxylic acids is 1. The molecule has 0 unspecified atom stereocenters. The van der Waals surface area contributed by atoms with Crippen molar-refractivity contribution in [1.82, 2.24) is 0 Å². The molecule has 2 rings (SSSR count). The average molecular weight is 371 g/mol. The zero-order valence-corrected chi connectivity index (χ0v) is 14.6. The van der Waals surface area contributed by atoms with Gasteiger partial charge in [0.1, 0.15) is 17.4 Å². The standard InChI is InChI=1S/C19H15ClN2O4/c1-12-15(20)6-4-7-16(12)22-19(25)14(10-21)9-13-5-2-3-8-17(13)26-11-18(23)24/h2-9H,11H2,1H3,(H,22,25)(H,23,24)/b14-9+. The molecular weight excluding hydrogens is 356 g/mol. The van der Waals surface area contributed by atoms with Gasteiger partial charge in [0.15, 0.2) is 6.61 Å². The first-order valence-corrected chi connectivity index (χ1v) is 7.92. The van der Waals surface area contributed by atoms with Crippen LogP contribution in [0, 0.1) is 18.3 Å². The van der Waals surface area contributed by atoms with E-state index >= 15 is 0 Å². The molecule has 0 saturated carbocycles.